The number of benzene rings is 3. The zero-order chi connectivity index (χ0) is 20.9. The highest BCUT2D eigenvalue weighted by molar-refractivity contribution is 5.81. The van der Waals surface area contributed by atoms with Crippen molar-refractivity contribution in [1.29, 1.82) is 0 Å². The first-order valence-corrected chi connectivity index (χ1v) is 9.56. The van der Waals surface area contributed by atoms with Crippen LogP contribution in [0.15, 0.2) is 79.4 Å². The summed E-state index contributed by atoms with van der Waals surface area (Å²) in [7, 11) is 0. The second-order valence-corrected chi connectivity index (χ2v) is 6.96. The topological polar surface area (TPSA) is 60.0 Å². The van der Waals surface area contributed by atoms with Crippen LogP contribution in [0.25, 0.3) is 11.1 Å². The molecule has 0 unspecified atom stereocenters. The third kappa shape index (κ3) is 4.46. The second-order valence-electron chi connectivity index (χ2n) is 6.96. The van der Waals surface area contributed by atoms with Crippen LogP contribution in [0, 0.1) is 11.6 Å². The maximum absolute atomic E-state index is 14.5. The lowest BCUT2D eigenvalue weighted by molar-refractivity contribution is 0.590. The number of nitrogen functional groups attached to an aromatic ring is 1. The van der Waals surface area contributed by atoms with Crippen molar-refractivity contribution in [1.82, 2.24) is 14.8 Å². The van der Waals surface area contributed by atoms with Gasteiger partial charge in [-0.05, 0) is 35.4 Å². The Morgan fingerprint density at radius 2 is 1.73 bits per heavy atom. The molecule has 152 valence electrons. The van der Waals surface area contributed by atoms with Crippen LogP contribution in [0.1, 0.15) is 5.56 Å². The van der Waals surface area contributed by atoms with Gasteiger partial charge in [0, 0.05) is 24.3 Å². The SMILES string of the molecule is Nc1cc(-c2ccccc2)c(N(CCn2cncn2)Cc2ccc(F)cc2)cc1F. The van der Waals surface area contributed by atoms with E-state index in [9.17, 15) is 8.78 Å². The van der Waals surface area contributed by atoms with Crippen molar-refractivity contribution in [2.45, 2.75) is 13.1 Å². The van der Waals surface area contributed by atoms with E-state index in [1.165, 1.54) is 24.5 Å². The number of rotatable bonds is 7. The van der Waals surface area contributed by atoms with E-state index in [1.807, 2.05) is 35.2 Å². The molecular weight excluding hydrogens is 384 g/mol. The number of hydrogen-bond acceptors (Lipinski definition) is 4. The monoisotopic (exact) mass is 405 g/mol. The van der Waals surface area contributed by atoms with E-state index in [0.717, 1.165) is 16.7 Å². The number of nitrogens with two attached hydrogens (primary N) is 1. The molecule has 0 saturated carbocycles. The molecule has 0 bridgehead atoms. The minimum Gasteiger partial charge on any atom is -0.396 e. The van der Waals surface area contributed by atoms with Gasteiger partial charge in [-0.2, -0.15) is 5.10 Å². The summed E-state index contributed by atoms with van der Waals surface area (Å²) in [5.74, 6) is -0.772. The molecule has 0 fully saturated rings. The molecule has 0 aliphatic rings. The average molecular weight is 405 g/mol. The number of anilines is 2. The lowest BCUT2D eigenvalue weighted by atomic mass is 10.0. The number of halogens is 2. The summed E-state index contributed by atoms with van der Waals surface area (Å²) < 4.78 is 29.6. The van der Waals surface area contributed by atoms with Gasteiger partial charge in [-0.1, -0.05) is 42.5 Å². The van der Waals surface area contributed by atoms with Crippen LogP contribution in [0.5, 0.6) is 0 Å². The van der Waals surface area contributed by atoms with E-state index in [1.54, 1.807) is 29.2 Å². The van der Waals surface area contributed by atoms with Gasteiger partial charge in [-0.15, -0.1) is 0 Å². The molecule has 5 nitrogen and oxygen atoms in total. The van der Waals surface area contributed by atoms with Gasteiger partial charge < -0.3 is 10.6 Å². The highest BCUT2D eigenvalue weighted by atomic mass is 19.1. The van der Waals surface area contributed by atoms with E-state index < -0.39 is 5.82 Å². The van der Waals surface area contributed by atoms with E-state index in [2.05, 4.69) is 10.1 Å². The van der Waals surface area contributed by atoms with Crippen LogP contribution in [0.4, 0.5) is 20.2 Å². The Kier molecular flexibility index (Phi) is 5.70. The highest BCUT2D eigenvalue weighted by Crippen LogP contribution is 2.35. The van der Waals surface area contributed by atoms with Crippen molar-refractivity contribution >= 4 is 11.4 Å². The molecule has 0 saturated heterocycles. The van der Waals surface area contributed by atoms with Crippen molar-refractivity contribution in [2.24, 2.45) is 0 Å². The van der Waals surface area contributed by atoms with Crippen LogP contribution >= 0.6 is 0 Å². The van der Waals surface area contributed by atoms with Crippen molar-refractivity contribution in [3.8, 4) is 11.1 Å². The third-order valence-electron chi connectivity index (χ3n) is 4.89. The zero-order valence-electron chi connectivity index (χ0n) is 16.2. The van der Waals surface area contributed by atoms with Gasteiger partial charge in [-0.25, -0.2) is 13.8 Å². The van der Waals surface area contributed by atoms with Gasteiger partial charge in [0.2, 0.25) is 0 Å². The molecule has 4 aromatic rings. The summed E-state index contributed by atoms with van der Waals surface area (Å²) >= 11 is 0. The van der Waals surface area contributed by atoms with Gasteiger partial charge in [0.1, 0.15) is 24.3 Å². The molecule has 0 amide bonds. The van der Waals surface area contributed by atoms with E-state index in [0.29, 0.717) is 25.3 Å². The first kappa shape index (κ1) is 19.6. The summed E-state index contributed by atoms with van der Waals surface area (Å²) in [6.07, 6.45) is 3.11. The molecule has 0 spiro atoms. The molecule has 0 atom stereocenters. The van der Waals surface area contributed by atoms with Crippen LogP contribution in [-0.2, 0) is 13.1 Å². The maximum atomic E-state index is 14.5. The Morgan fingerprint density at radius 3 is 2.43 bits per heavy atom. The Balaban J connectivity index is 1.74. The summed E-state index contributed by atoms with van der Waals surface area (Å²) in [5.41, 5.74) is 9.36. The minimum atomic E-state index is -0.477. The molecule has 2 N–H and O–H groups in total. The number of nitrogens with zero attached hydrogens (tertiary/aromatic N) is 4. The molecule has 3 aromatic carbocycles. The van der Waals surface area contributed by atoms with E-state index >= 15 is 0 Å². The smallest absolute Gasteiger partial charge is 0.148 e. The first-order valence-electron chi connectivity index (χ1n) is 9.56. The molecular formula is C23H21F2N5. The quantitative estimate of drug-likeness (QED) is 0.460. The van der Waals surface area contributed by atoms with Crippen LogP contribution < -0.4 is 10.6 Å². The van der Waals surface area contributed by atoms with Gasteiger partial charge in [0.15, 0.2) is 0 Å². The van der Waals surface area contributed by atoms with Crippen LogP contribution in [0.3, 0.4) is 0 Å². The van der Waals surface area contributed by atoms with Crippen molar-refractivity contribution in [3.05, 3.63) is 96.6 Å². The van der Waals surface area contributed by atoms with Gasteiger partial charge in [0.05, 0.1) is 12.2 Å². The predicted molar refractivity (Wildman–Crippen MR) is 114 cm³/mol. The van der Waals surface area contributed by atoms with Gasteiger partial charge in [-0.3, -0.25) is 4.68 Å². The molecule has 0 radical (unpaired) electrons. The fourth-order valence-electron chi connectivity index (χ4n) is 3.36. The summed E-state index contributed by atoms with van der Waals surface area (Å²) in [4.78, 5) is 6.01. The highest BCUT2D eigenvalue weighted by Gasteiger charge is 2.17. The minimum absolute atomic E-state index is 0.0932. The zero-order valence-corrected chi connectivity index (χ0v) is 16.2. The molecule has 30 heavy (non-hydrogen) atoms. The third-order valence-corrected chi connectivity index (χ3v) is 4.89. The van der Waals surface area contributed by atoms with Gasteiger partial charge in [0.25, 0.3) is 0 Å². The molecule has 4 rings (SSSR count). The molecule has 0 aliphatic carbocycles. The average Bonchev–Trinajstić information content (AvgIpc) is 3.28. The van der Waals surface area contributed by atoms with E-state index in [4.69, 9.17) is 5.73 Å². The Bertz CT molecular complexity index is 1100. The van der Waals surface area contributed by atoms with Crippen LogP contribution in [0.2, 0.25) is 0 Å². The summed E-state index contributed by atoms with van der Waals surface area (Å²) in [6.45, 7) is 1.57. The molecule has 1 aromatic heterocycles. The lowest BCUT2D eigenvalue weighted by Crippen LogP contribution is -2.28. The Morgan fingerprint density at radius 1 is 0.967 bits per heavy atom. The Hall–Kier alpha value is -3.74. The maximum Gasteiger partial charge on any atom is 0.148 e. The van der Waals surface area contributed by atoms with Crippen molar-refractivity contribution < 1.29 is 8.78 Å². The summed E-state index contributed by atoms with van der Waals surface area (Å²) in [5, 5.41) is 4.15. The normalized spacial score (nSPS) is 10.9. The lowest BCUT2D eigenvalue weighted by Gasteiger charge is -2.28. The van der Waals surface area contributed by atoms with Crippen molar-refractivity contribution in [3.63, 3.8) is 0 Å². The second kappa shape index (κ2) is 8.73. The first-order chi connectivity index (χ1) is 14.6. The molecule has 0 aliphatic heterocycles. The molecule has 7 heteroatoms. The van der Waals surface area contributed by atoms with Gasteiger partial charge >= 0.3 is 0 Å². The largest absolute Gasteiger partial charge is 0.396 e. The number of aromatic nitrogens is 3. The predicted octanol–water partition coefficient (Wildman–Crippen LogP) is 4.51. The Labute approximate surface area is 173 Å². The summed E-state index contributed by atoms with van der Waals surface area (Å²) in [6, 6.07) is 19.1. The van der Waals surface area contributed by atoms with E-state index in [-0.39, 0.29) is 11.5 Å². The fraction of sp³-hybridized carbons (Fsp3) is 0.130. The van der Waals surface area contributed by atoms with Crippen LogP contribution in [-0.4, -0.2) is 21.3 Å². The van der Waals surface area contributed by atoms with Crippen molar-refractivity contribution in [2.75, 3.05) is 17.2 Å². The molecule has 1 heterocycles. The standard InChI is InChI=1S/C23H21F2N5/c24-19-8-6-17(7-9-19)14-29(10-11-30-16-27-15-28-30)23-13-21(25)22(26)12-20(23)18-4-2-1-3-5-18/h1-9,12-13,15-16H,10-11,14,26H2. The number of hydrogen-bond donors (Lipinski definition) is 1. The fourth-order valence-corrected chi connectivity index (χ4v) is 3.36.